The number of hydrogen-bond acceptors (Lipinski definition) is 4. The van der Waals surface area contributed by atoms with E-state index in [2.05, 4.69) is 0 Å². The molecule has 1 amide bonds. The lowest BCUT2D eigenvalue weighted by Crippen LogP contribution is -2.55. The quantitative estimate of drug-likeness (QED) is 0.834. The molecule has 0 aromatic heterocycles. The number of rotatable bonds is 3. The van der Waals surface area contributed by atoms with Crippen LogP contribution in [0.3, 0.4) is 0 Å². The van der Waals surface area contributed by atoms with Crippen LogP contribution in [0.2, 0.25) is 5.02 Å². The molecule has 0 bridgehead atoms. The van der Waals surface area contributed by atoms with Crippen LogP contribution in [0.5, 0.6) is 0 Å². The van der Waals surface area contributed by atoms with E-state index in [0.29, 0.717) is 42.1 Å². The zero-order valence-electron chi connectivity index (χ0n) is 16.0. The molecule has 0 radical (unpaired) electrons. The Morgan fingerprint density at radius 3 is 2.39 bits per heavy atom. The van der Waals surface area contributed by atoms with Gasteiger partial charge in [-0.05, 0) is 43.5 Å². The van der Waals surface area contributed by atoms with Gasteiger partial charge in [-0.25, -0.2) is 0 Å². The molecule has 2 aliphatic heterocycles. The highest BCUT2D eigenvalue weighted by Crippen LogP contribution is 2.48. The Kier molecular flexibility index (Phi) is 4.91. The Morgan fingerprint density at radius 2 is 1.79 bits per heavy atom. The fourth-order valence-corrected chi connectivity index (χ4v) is 4.58. The van der Waals surface area contributed by atoms with Gasteiger partial charge in [-0.15, -0.1) is 0 Å². The molecule has 1 spiro atoms. The van der Waals surface area contributed by atoms with E-state index in [4.69, 9.17) is 16.4 Å². The predicted molar refractivity (Wildman–Crippen MR) is 110 cm³/mol. The summed E-state index contributed by atoms with van der Waals surface area (Å²) in [5.41, 5.74) is 1.84. The van der Waals surface area contributed by atoms with Gasteiger partial charge in [0, 0.05) is 29.4 Å². The number of carbonyl (C=O) groups is 1. The second kappa shape index (κ2) is 7.24. The minimum Gasteiger partial charge on any atom is -0.509 e. The number of amides is 1. The van der Waals surface area contributed by atoms with E-state index < -0.39 is 5.54 Å². The van der Waals surface area contributed by atoms with Crippen molar-refractivity contribution in [3.05, 3.63) is 70.4 Å². The van der Waals surface area contributed by atoms with Gasteiger partial charge in [0.05, 0.1) is 12.7 Å². The number of hydroxylamine groups is 2. The Bertz CT molecular complexity index is 934. The number of aliphatic hydroxyl groups excluding tert-OH is 1. The van der Waals surface area contributed by atoms with Crippen molar-refractivity contribution in [1.29, 1.82) is 0 Å². The van der Waals surface area contributed by atoms with Gasteiger partial charge >= 0.3 is 0 Å². The average molecular weight is 399 g/mol. The molecule has 4 rings (SSSR count). The topological polar surface area (TPSA) is 53.0 Å². The molecular formula is C22H23ClN2O3. The first-order valence-corrected chi connectivity index (χ1v) is 9.74. The van der Waals surface area contributed by atoms with E-state index in [9.17, 15) is 9.90 Å². The normalized spacial score (nSPS) is 19.7. The third-order valence-electron chi connectivity index (χ3n) is 5.74. The Hall–Kier alpha value is -2.34. The standard InChI is InChI=1S/C22H23ClN2O3/c1-15-8-9-17(18(23)14-15)19-20(26)22(10-12-24(28-2)13-11-22)25(21(19)27)16-6-4-3-5-7-16/h3-9,14,26H,10-13H2,1-2H3. The molecular weight excluding hydrogens is 376 g/mol. The van der Waals surface area contributed by atoms with Crippen molar-refractivity contribution in [2.75, 3.05) is 25.1 Å². The number of anilines is 1. The fourth-order valence-electron chi connectivity index (χ4n) is 4.25. The largest absolute Gasteiger partial charge is 0.509 e. The minimum absolute atomic E-state index is 0.0999. The van der Waals surface area contributed by atoms with Crippen LogP contribution in [-0.4, -0.2) is 41.8 Å². The number of carbonyl (C=O) groups excluding carboxylic acids is 1. The molecule has 0 aliphatic carbocycles. The lowest BCUT2D eigenvalue weighted by Gasteiger charge is -2.44. The highest BCUT2D eigenvalue weighted by Gasteiger charge is 2.54. The van der Waals surface area contributed by atoms with Crippen molar-refractivity contribution in [2.24, 2.45) is 0 Å². The highest BCUT2D eigenvalue weighted by atomic mass is 35.5. The molecule has 146 valence electrons. The Balaban J connectivity index is 1.86. The summed E-state index contributed by atoms with van der Waals surface area (Å²) in [6.45, 7) is 3.18. The SMILES string of the molecule is CON1CCC2(CC1)C(O)=C(c1ccc(C)cc1Cl)C(=O)N2c1ccccc1. The number of hydrogen-bond donors (Lipinski definition) is 1. The van der Waals surface area contributed by atoms with Crippen LogP contribution in [0.4, 0.5) is 5.69 Å². The van der Waals surface area contributed by atoms with Gasteiger partial charge in [-0.1, -0.05) is 41.9 Å². The van der Waals surface area contributed by atoms with Crippen molar-refractivity contribution in [3.8, 4) is 0 Å². The number of halogens is 1. The smallest absolute Gasteiger partial charge is 0.263 e. The van der Waals surface area contributed by atoms with Crippen molar-refractivity contribution >= 4 is 28.8 Å². The zero-order valence-corrected chi connectivity index (χ0v) is 16.7. The third kappa shape index (κ3) is 2.91. The number of aliphatic hydroxyl groups is 1. The lowest BCUT2D eigenvalue weighted by molar-refractivity contribution is -0.150. The summed E-state index contributed by atoms with van der Waals surface area (Å²) in [5.74, 6) is -0.122. The number of para-hydroxylation sites is 1. The molecule has 2 aliphatic rings. The molecule has 2 heterocycles. The molecule has 28 heavy (non-hydrogen) atoms. The highest BCUT2D eigenvalue weighted by molar-refractivity contribution is 6.38. The van der Waals surface area contributed by atoms with Gasteiger partial charge in [0.15, 0.2) is 0 Å². The lowest BCUT2D eigenvalue weighted by atomic mass is 9.84. The van der Waals surface area contributed by atoms with E-state index >= 15 is 0 Å². The molecule has 1 saturated heterocycles. The molecule has 2 aromatic rings. The molecule has 1 N–H and O–H groups in total. The van der Waals surface area contributed by atoms with Crippen LogP contribution in [0.15, 0.2) is 54.3 Å². The van der Waals surface area contributed by atoms with Crippen molar-refractivity contribution in [3.63, 3.8) is 0 Å². The van der Waals surface area contributed by atoms with Gasteiger partial charge in [-0.2, -0.15) is 5.06 Å². The van der Waals surface area contributed by atoms with Gasteiger partial charge in [0.1, 0.15) is 11.3 Å². The first-order valence-electron chi connectivity index (χ1n) is 9.37. The second-order valence-electron chi connectivity index (χ2n) is 7.33. The second-order valence-corrected chi connectivity index (χ2v) is 7.73. The first-order chi connectivity index (χ1) is 13.5. The number of benzene rings is 2. The summed E-state index contributed by atoms with van der Waals surface area (Å²) < 4.78 is 0. The molecule has 5 nitrogen and oxygen atoms in total. The summed E-state index contributed by atoms with van der Waals surface area (Å²) in [6, 6.07) is 15.0. The van der Waals surface area contributed by atoms with E-state index in [0.717, 1.165) is 11.3 Å². The molecule has 2 aromatic carbocycles. The van der Waals surface area contributed by atoms with Crippen LogP contribution in [-0.2, 0) is 9.63 Å². The van der Waals surface area contributed by atoms with E-state index in [-0.39, 0.29) is 11.7 Å². The summed E-state index contributed by atoms with van der Waals surface area (Å²) in [4.78, 5) is 20.7. The molecule has 0 atom stereocenters. The first kappa shape index (κ1) is 19.0. The number of aryl methyl sites for hydroxylation is 1. The third-order valence-corrected chi connectivity index (χ3v) is 6.05. The maximum Gasteiger partial charge on any atom is 0.263 e. The molecule has 0 saturated carbocycles. The van der Waals surface area contributed by atoms with Gasteiger partial charge in [0.2, 0.25) is 0 Å². The maximum atomic E-state index is 13.6. The molecule has 1 fully saturated rings. The summed E-state index contributed by atoms with van der Waals surface area (Å²) in [7, 11) is 1.64. The maximum absolute atomic E-state index is 13.6. The van der Waals surface area contributed by atoms with Gasteiger partial charge < -0.3 is 9.94 Å². The monoisotopic (exact) mass is 398 g/mol. The van der Waals surface area contributed by atoms with Crippen LogP contribution < -0.4 is 4.90 Å². The van der Waals surface area contributed by atoms with Crippen LogP contribution in [0.25, 0.3) is 5.57 Å². The summed E-state index contributed by atoms with van der Waals surface area (Å²) in [6.07, 6.45) is 1.14. The summed E-state index contributed by atoms with van der Waals surface area (Å²) >= 11 is 6.46. The predicted octanol–water partition coefficient (Wildman–Crippen LogP) is 4.36. The van der Waals surface area contributed by atoms with Crippen LogP contribution in [0, 0.1) is 6.92 Å². The zero-order chi connectivity index (χ0) is 19.9. The number of nitrogens with zero attached hydrogens (tertiary/aromatic N) is 2. The van der Waals surface area contributed by atoms with E-state index in [1.165, 1.54) is 0 Å². The molecule has 0 unspecified atom stereocenters. The van der Waals surface area contributed by atoms with Crippen LogP contribution >= 0.6 is 11.6 Å². The van der Waals surface area contributed by atoms with Crippen molar-refractivity contribution in [1.82, 2.24) is 5.06 Å². The van der Waals surface area contributed by atoms with E-state index in [1.807, 2.05) is 60.5 Å². The van der Waals surface area contributed by atoms with Gasteiger partial charge in [0.25, 0.3) is 5.91 Å². The fraction of sp³-hybridized carbons (Fsp3) is 0.318. The van der Waals surface area contributed by atoms with Crippen molar-refractivity contribution < 1.29 is 14.7 Å². The molecule has 6 heteroatoms. The Labute approximate surface area is 169 Å². The Morgan fingerprint density at radius 1 is 1.11 bits per heavy atom. The minimum atomic E-state index is -0.795. The number of piperidine rings is 1. The van der Waals surface area contributed by atoms with Crippen LogP contribution in [0.1, 0.15) is 24.0 Å². The van der Waals surface area contributed by atoms with Crippen molar-refractivity contribution in [2.45, 2.75) is 25.3 Å². The van der Waals surface area contributed by atoms with E-state index in [1.54, 1.807) is 12.0 Å². The average Bonchev–Trinajstić information content (AvgIpc) is 2.90. The van der Waals surface area contributed by atoms with Gasteiger partial charge in [-0.3, -0.25) is 9.69 Å². The summed E-state index contributed by atoms with van der Waals surface area (Å²) in [5, 5.41) is 13.7.